The van der Waals surface area contributed by atoms with Crippen molar-refractivity contribution in [2.45, 2.75) is 26.1 Å². The Morgan fingerprint density at radius 2 is 2.14 bits per heavy atom. The zero-order valence-corrected chi connectivity index (χ0v) is 13.1. The third kappa shape index (κ3) is 4.52. The molecule has 1 saturated heterocycles. The Labute approximate surface area is 128 Å². The molecule has 0 aromatic heterocycles. The van der Waals surface area contributed by atoms with Gasteiger partial charge in [0.1, 0.15) is 5.75 Å². The number of alkyl halides is 2. The number of hydrogen-bond acceptors (Lipinski definition) is 4. The predicted molar refractivity (Wildman–Crippen MR) is 77.2 cm³/mol. The van der Waals surface area contributed by atoms with E-state index in [1.54, 1.807) is 13.8 Å². The first-order valence-corrected chi connectivity index (χ1v) is 8.09. The molecule has 0 saturated carbocycles. The lowest BCUT2D eigenvalue weighted by atomic mass is 10.1. The van der Waals surface area contributed by atoms with E-state index in [-0.39, 0.29) is 24.5 Å². The maximum absolute atomic E-state index is 12.3. The molecule has 1 aliphatic rings. The van der Waals surface area contributed by atoms with Gasteiger partial charge in [-0.25, -0.2) is 0 Å². The van der Waals surface area contributed by atoms with Crippen LogP contribution in [0.3, 0.4) is 0 Å². The number of nitrogens with one attached hydrogen (secondary N) is 1. The summed E-state index contributed by atoms with van der Waals surface area (Å²) >= 11 is 0. The normalized spacial score (nSPS) is 19.1. The van der Waals surface area contributed by atoms with Crippen LogP contribution >= 0.6 is 0 Å². The Bertz CT molecular complexity index is 622. The van der Waals surface area contributed by atoms with E-state index >= 15 is 0 Å². The predicted octanol–water partition coefficient (Wildman–Crippen LogP) is 2.06. The number of hydrogen-bond donors (Lipinski definition) is 1. The Morgan fingerprint density at radius 1 is 1.41 bits per heavy atom. The van der Waals surface area contributed by atoms with E-state index in [9.17, 15) is 17.2 Å². The highest BCUT2D eigenvalue weighted by Crippen LogP contribution is 2.23. The minimum absolute atomic E-state index is 0.113. The molecule has 9 heteroatoms. The SMILES string of the molecule is CC1(C)CN(S(=O)(=O)Nc2cccc(OC(F)F)c2)CCO1. The van der Waals surface area contributed by atoms with Gasteiger partial charge in [0.25, 0.3) is 0 Å². The minimum atomic E-state index is -3.79. The van der Waals surface area contributed by atoms with Crippen LogP contribution in [0.4, 0.5) is 14.5 Å². The van der Waals surface area contributed by atoms with Crippen LogP contribution in [0.5, 0.6) is 5.75 Å². The van der Waals surface area contributed by atoms with Crippen molar-refractivity contribution in [1.29, 1.82) is 0 Å². The number of morpholine rings is 1. The van der Waals surface area contributed by atoms with Gasteiger partial charge in [0.05, 0.1) is 17.9 Å². The fraction of sp³-hybridized carbons (Fsp3) is 0.538. The van der Waals surface area contributed by atoms with Gasteiger partial charge in [-0.15, -0.1) is 0 Å². The molecule has 1 aliphatic heterocycles. The van der Waals surface area contributed by atoms with Crippen molar-refractivity contribution in [3.05, 3.63) is 24.3 Å². The molecule has 0 aliphatic carbocycles. The molecule has 0 unspecified atom stereocenters. The van der Waals surface area contributed by atoms with E-state index in [0.717, 1.165) is 0 Å². The van der Waals surface area contributed by atoms with Gasteiger partial charge in [0, 0.05) is 19.2 Å². The van der Waals surface area contributed by atoms with Crippen molar-refractivity contribution >= 4 is 15.9 Å². The van der Waals surface area contributed by atoms with E-state index in [4.69, 9.17) is 4.74 Å². The van der Waals surface area contributed by atoms with Crippen molar-refractivity contribution in [2.24, 2.45) is 0 Å². The van der Waals surface area contributed by atoms with Crippen molar-refractivity contribution in [1.82, 2.24) is 4.31 Å². The van der Waals surface area contributed by atoms with Gasteiger partial charge in [-0.05, 0) is 26.0 Å². The van der Waals surface area contributed by atoms with Gasteiger partial charge >= 0.3 is 16.8 Å². The van der Waals surface area contributed by atoms with E-state index in [2.05, 4.69) is 9.46 Å². The van der Waals surface area contributed by atoms with Gasteiger partial charge in [0.2, 0.25) is 0 Å². The fourth-order valence-electron chi connectivity index (χ4n) is 2.13. The zero-order valence-electron chi connectivity index (χ0n) is 12.3. The molecule has 0 amide bonds. The van der Waals surface area contributed by atoms with Gasteiger partial charge < -0.3 is 9.47 Å². The second-order valence-electron chi connectivity index (χ2n) is 5.46. The van der Waals surface area contributed by atoms with Crippen LogP contribution in [-0.4, -0.2) is 44.6 Å². The average molecular weight is 336 g/mol. The number of benzene rings is 1. The van der Waals surface area contributed by atoms with Gasteiger partial charge in [-0.1, -0.05) is 6.07 Å². The summed E-state index contributed by atoms with van der Waals surface area (Å²) in [5.74, 6) is -0.113. The lowest BCUT2D eigenvalue weighted by Crippen LogP contribution is -2.52. The van der Waals surface area contributed by atoms with Crippen LogP contribution in [0, 0.1) is 0 Å². The molecule has 22 heavy (non-hydrogen) atoms. The van der Waals surface area contributed by atoms with E-state index in [1.807, 2.05) is 0 Å². The number of anilines is 1. The molecule has 2 rings (SSSR count). The number of rotatable bonds is 5. The number of nitrogens with zero attached hydrogens (tertiary/aromatic N) is 1. The first kappa shape index (κ1) is 16.9. The summed E-state index contributed by atoms with van der Waals surface area (Å²) in [4.78, 5) is 0. The lowest BCUT2D eigenvalue weighted by Gasteiger charge is -2.37. The van der Waals surface area contributed by atoms with Gasteiger partial charge in [-0.3, -0.25) is 4.72 Å². The minimum Gasteiger partial charge on any atom is -0.435 e. The molecule has 0 spiro atoms. The van der Waals surface area contributed by atoms with Crippen LogP contribution in [0.25, 0.3) is 0 Å². The Hall–Kier alpha value is -1.45. The van der Waals surface area contributed by atoms with Crippen molar-refractivity contribution < 1.29 is 26.7 Å². The molecule has 0 bridgehead atoms. The maximum atomic E-state index is 12.3. The third-order valence-electron chi connectivity index (χ3n) is 3.04. The second-order valence-corrected chi connectivity index (χ2v) is 7.13. The lowest BCUT2D eigenvalue weighted by molar-refractivity contribution is -0.0639. The largest absolute Gasteiger partial charge is 0.435 e. The molecule has 1 N–H and O–H groups in total. The quantitative estimate of drug-likeness (QED) is 0.894. The van der Waals surface area contributed by atoms with E-state index in [0.29, 0.717) is 6.61 Å². The molecule has 1 heterocycles. The molecule has 0 atom stereocenters. The Morgan fingerprint density at radius 3 is 2.77 bits per heavy atom. The van der Waals surface area contributed by atoms with Crippen molar-refractivity contribution in [2.75, 3.05) is 24.4 Å². The monoisotopic (exact) mass is 336 g/mol. The fourth-order valence-corrected chi connectivity index (χ4v) is 3.48. The summed E-state index contributed by atoms with van der Waals surface area (Å²) in [6.07, 6.45) is 0. The van der Waals surface area contributed by atoms with E-state index in [1.165, 1.54) is 28.6 Å². The number of ether oxygens (including phenoxy) is 2. The summed E-state index contributed by atoms with van der Waals surface area (Å²) in [6, 6.07) is 5.41. The summed E-state index contributed by atoms with van der Waals surface area (Å²) in [6.45, 7) is 1.36. The second kappa shape index (κ2) is 6.35. The van der Waals surface area contributed by atoms with Gasteiger partial charge in [-0.2, -0.15) is 21.5 Å². The van der Waals surface area contributed by atoms with Crippen LogP contribution in [0.15, 0.2) is 24.3 Å². The Balaban J connectivity index is 2.11. The summed E-state index contributed by atoms with van der Waals surface area (Å²) in [7, 11) is -3.79. The molecular weight excluding hydrogens is 318 g/mol. The summed E-state index contributed by atoms with van der Waals surface area (Å²) in [5.41, 5.74) is -0.421. The molecule has 1 aromatic carbocycles. The third-order valence-corrected chi connectivity index (χ3v) is 4.52. The van der Waals surface area contributed by atoms with Crippen LogP contribution < -0.4 is 9.46 Å². The molecule has 1 fully saturated rings. The molecule has 124 valence electrons. The maximum Gasteiger partial charge on any atom is 0.387 e. The topological polar surface area (TPSA) is 67.9 Å². The number of halogens is 2. The molecule has 6 nitrogen and oxygen atoms in total. The van der Waals surface area contributed by atoms with Crippen LogP contribution in [0.2, 0.25) is 0 Å². The first-order chi connectivity index (χ1) is 10.2. The highest BCUT2D eigenvalue weighted by Gasteiger charge is 2.34. The zero-order chi connectivity index (χ0) is 16.4. The smallest absolute Gasteiger partial charge is 0.387 e. The molecule has 1 aromatic rings. The van der Waals surface area contributed by atoms with Crippen molar-refractivity contribution in [3.63, 3.8) is 0 Å². The van der Waals surface area contributed by atoms with Crippen molar-refractivity contribution in [3.8, 4) is 5.75 Å². The van der Waals surface area contributed by atoms with E-state index < -0.39 is 22.4 Å². The standard InChI is InChI=1S/C13H18F2N2O4S/c1-13(2)9-17(6-7-20-13)22(18,19)16-10-4-3-5-11(8-10)21-12(14)15/h3-5,8,12,16H,6-7,9H2,1-2H3. The average Bonchev–Trinajstić information content (AvgIpc) is 2.36. The van der Waals surface area contributed by atoms with Gasteiger partial charge in [0.15, 0.2) is 0 Å². The summed E-state index contributed by atoms with van der Waals surface area (Å²) in [5, 5.41) is 0. The highest BCUT2D eigenvalue weighted by molar-refractivity contribution is 7.90. The summed E-state index contributed by atoms with van der Waals surface area (Å²) < 4.78 is 62.4. The molecular formula is C13H18F2N2O4S. The highest BCUT2D eigenvalue weighted by atomic mass is 32.2. The Kier molecular flexibility index (Phi) is 4.88. The van der Waals surface area contributed by atoms with Crippen LogP contribution in [-0.2, 0) is 14.9 Å². The first-order valence-electron chi connectivity index (χ1n) is 6.65. The molecule has 0 radical (unpaired) electrons. The van der Waals surface area contributed by atoms with Crippen LogP contribution in [0.1, 0.15) is 13.8 Å².